The standard InChI is InChI=1S/C10H10F3NO3S/c1-18(16,17)6-9(15)14-8-4-2-7(3-5-8)10(11,12)13/h2-5H,6H2,1H3,(H,14,15). The van der Waals surface area contributed by atoms with Crippen LogP contribution in [0.1, 0.15) is 5.56 Å². The molecule has 0 unspecified atom stereocenters. The Labute approximate surface area is 102 Å². The number of sulfone groups is 1. The lowest BCUT2D eigenvalue weighted by Crippen LogP contribution is -2.21. The summed E-state index contributed by atoms with van der Waals surface area (Å²) in [6.45, 7) is 0. The molecule has 0 aliphatic rings. The lowest BCUT2D eigenvalue weighted by atomic mass is 10.2. The Morgan fingerprint density at radius 1 is 1.22 bits per heavy atom. The largest absolute Gasteiger partial charge is 0.416 e. The summed E-state index contributed by atoms with van der Waals surface area (Å²) in [5.74, 6) is -1.51. The summed E-state index contributed by atoms with van der Waals surface area (Å²) in [5, 5.41) is 2.19. The van der Waals surface area contributed by atoms with Crippen LogP contribution in [-0.4, -0.2) is 26.3 Å². The SMILES string of the molecule is CS(=O)(=O)CC(=O)Nc1ccc(C(F)(F)F)cc1. The highest BCUT2D eigenvalue weighted by Crippen LogP contribution is 2.29. The van der Waals surface area contributed by atoms with Crippen molar-refractivity contribution in [1.82, 2.24) is 0 Å². The Morgan fingerprint density at radius 2 is 1.72 bits per heavy atom. The third-order valence-corrected chi connectivity index (χ3v) is 2.68. The van der Waals surface area contributed by atoms with E-state index in [9.17, 15) is 26.4 Å². The number of hydrogen-bond donors (Lipinski definition) is 1. The number of carbonyl (C=O) groups excluding carboxylic acids is 1. The van der Waals surface area contributed by atoms with Gasteiger partial charge < -0.3 is 5.32 Å². The van der Waals surface area contributed by atoms with Gasteiger partial charge in [-0.05, 0) is 24.3 Å². The number of halogens is 3. The number of hydrogen-bond acceptors (Lipinski definition) is 3. The fourth-order valence-corrected chi connectivity index (χ4v) is 1.73. The van der Waals surface area contributed by atoms with E-state index in [1.54, 1.807) is 0 Å². The molecule has 0 bridgehead atoms. The van der Waals surface area contributed by atoms with Crippen molar-refractivity contribution in [3.05, 3.63) is 29.8 Å². The van der Waals surface area contributed by atoms with E-state index in [0.717, 1.165) is 30.5 Å². The van der Waals surface area contributed by atoms with Crippen molar-refractivity contribution in [3.63, 3.8) is 0 Å². The molecule has 8 heteroatoms. The van der Waals surface area contributed by atoms with Crippen molar-refractivity contribution in [3.8, 4) is 0 Å². The Balaban J connectivity index is 2.73. The second-order valence-electron chi connectivity index (χ2n) is 3.69. The first kappa shape index (κ1) is 14.5. The van der Waals surface area contributed by atoms with Crippen molar-refractivity contribution in [2.45, 2.75) is 6.18 Å². The Hall–Kier alpha value is -1.57. The molecular formula is C10H10F3NO3S. The monoisotopic (exact) mass is 281 g/mol. The third-order valence-electron chi connectivity index (χ3n) is 1.89. The average molecular weight is 281 g/mol. The molecule has 0 heterocycles. The highest BCUT2D eigenvalue weighted by atomic mass is 32.2. The summed E-state index contributed by atoms with van der Waals surface area (Å²) in [5.41, 5.74) is -0.736. The lowest BCUT2D eigenvalue weighted by molar-refractivity contribution is -0.137. The molecule has 1 rings (SSSR count). The second kappa shape index (κ2) is 4.97. The summed E-state index contributed by atoms with van der Waals surface area (Å²) in [6.07, 6.45) is -3.56. The highest BCUT2D eigenvalue weighted by molar-refractivity contribution is 7.91. The highest BCUT2D eigenvalue weighted by Gasteiger charge is 2.29. The molecule has 0 aliphatic heterocycles. The number of carbonyl (C=O) groups is 1. The van der Waals surface area contributed by atoms with E-state index in [1.807, 2.05) is 0 Å². The van der Waals surface area contributed by atoms with Crippen LogP contribution in [-0.2, 0) is 20.8 Å². The Morgan fingerprint density at radius 3 is 2.11 bits per heavy atom. The quantitative estimate of drug-likeness (QED) is 0.917. The van der Waals surface area contributed by atoms with Crippen LogP contribution in [0.4, 0.5) is 18.9 Å². The van der Waals surface area contributed by atoms with Gasteiger partial charge in [-0.2, -0.15) is 13.2 Å². The fourth-order valence-electron chi connectivity index (χ4n) is 1.18. The minimum Gasteiger partial charge on any atom is -0.325 e. The molecule has 1 aromatic carbocycles. The summed E-state index contributed by atoms with van der Waals surface area (Å²) >= 11 is 0. The molecule has 0 radical (unpaired) electrons. The minimum atomic E-state index is -4.45. The number of amides is 1. The topological polar surface area (TPSA) is 63.2 Å². The molecule has 1 amide bonds. The van der Waals surface area contributed by atoms with Crippen LogP contribution < -0.4 is 5.32 Å². The van der Waals surface area contributed by atoms with Gasteiger partial charge >= 0.3 is 6.18 Å². The summed E-state index contributed by atoms with van der Waals surface area (Å²) < 4.78 is 58.3. The zero-order valence-corrected chi connectivity index (χ0v) is 10.1. The number of alkyl halides is 3. The molecule has 1 aromatic rings. The van der Waals surface area contributed by atoms with Gasteiger partial charge in [0.15, 0.2) is 9.84 Å². The average Bonchev–Trinajstić information content (AvgIpc) is 2.13. The van der Waals surface area contributed by atoms with Crippen LogP contribution in [0.2, 0.25) is 0 Å². The van der Waals surface area contributed by atoms with Crippen molar-refractivity contribution >= 4 is 21.4 Å². The maximum Gasteiger partial charge on any atom is 0.416 e. The van der Waals surface area contributed by atoms with Gasteiger partial charge in [0.05, 0.1) is 5.56 Å². The maximum absolute atomic E-state index is 12.2. The van der Waals surface area contributed by atoms with Crippen LogP contribution in [0.15, 0.2) is 24.3 Å². The molecule has 4 nitrogen and oxygen atoms in total. The molecule has 0 aromatic heterocycles. The van der Waals surface area contributed by atoms with E-state index in [1.165, 1.54) is 0 Å². The number of rotatable bonds is 3. The molecule has 0 saturated heterocycles. The molecule has 0 aliphatic carbocycles. The van der Waals surface area contributed by atoms with Crippen LogP contribution in [0.5, 0.6) is 0 Å². The van der Waals surface area contributed by atoms with Crippen molar-refractivity contribution in [2.24, 2.45) is 0 Å². The normalized spacial score (nSPS) is 12.2. The van der Waals surface area contributed by atoms with E-state index in [2.05, 4.69) is 5.32 Å². The molecule has 0 fully saturated rings. The Kier molecular flexibility index (Phi) is 4.00. The number of benzene rings is 1. The van der Waals surface area contributed by atoms with Gasteiger partial charge in [-0.1, -0.05) is 0 Å². The molecular weight excluding hydrogens is 271 g/mol. The van der Waals surface area contributed by atoms with Crippen molar-refractivity contribution in [1.29, 1.82) is 0 Å². The number of anilines is 1. The molecule has 0 atom stereocenters. The third kappa shape index (κ3) is 4.74. The van der Waals surface area contributed by atoms with Gasteiger partial charge in [0.2, 0.25) is 5.91 Å². The minimum absolute atomic E-state index is 0.108. The van der Waals surface area contributed by atoms with Gasteiger partial charge in [-0.15, -0.1) is 0 Å². The van der Waals surface area contributed by atoms with Gasteiger partial charge in [-0.25, -0.2) is 8.42 Å². The van der Waals surface area contributed by atoms with E-state index < -0.39 is 33.2 Å². The maximum atomic E-state index is 12.2. The van der Waals surface area contributed by atoms with E-state index >= 15 is 0 Å². The van der Waals surface area contributed by atoms with Crippen LogP contribution >= 0.6 is 0 Å². The zero-order valence-electron chi connectivity index (χ0n) is 9.28. The predicted molar refractivity (Wildman–Crippen MR) is 59.8 cm³/mol. The zero-order chi connectivity index (χ0) is 14.0. The van der Waals surface area contributed by atoms with Crippen LogP contribution in [0.3, 0.4) is 0 Å². The van der Waals surface area contributed by atoms with Crippen molar-refractivity contribution in [2.75, 3.05) is 17.3 Å². The van der Waals surface area contributed by atoms with E-state index in [4.69, 9.17) is 0 Å². The predicted octanol–water partition coefficient (Wildman–Crippen LogP) is 1.69. The molecule has 1 N–H and O–H groups in total. The summed E-state index contributed by atoms with van der Waals surface area (Å²) in [7, 11) is -3.47. The molecule has 0 spiro atoms. The van der Waals surface area contributed by atoms with Gasteiger partial charge in [-0.3, -0.25) is 4.79 Å². The second-order valence-corrected chi connectivity index (χ2v) is 5.83. The Bertz CT molecular complexity index is 534. The molecule has 18 heavy (non-hydrogen) atoms. The molecule has 0 saturated carbocycles. The van der Waals surface area contributed by atoms with Gasteiger partial charge in [0.1, 0.15) is 5.75 Å². The molecule has 100 valence electrons. The van der Waals surface area contributed by atoms with Gasteiger partial charge in [0, 0.05) is 11.9 Å². The summed E-state index contributed by atoms with van der Waals surface area (Å²) in [4.78, 5) is 11.2. The van der Waals surface area contributed by atoms with Crippen LogP contribution in [0, 0.1) is 0 Å². The summed E-state index contributed by atoms with van der Waals surface area (Å²) in [6, 6.07) is 3.72. The van der Waals surface area contributed by atoms with Crippen molar-refractivity contribution < 1.29 is 26.4 Å². The first-order chi connectivity index (χ1) is 8.08. The first-order valence-electron chi connectivity index (χ1n) is 4.73. The smallest absolute Gasteiger partial charge is 0.325 e. The van der Waals surface area contributed by atoms with Crippen LogP contribution in [0.25, 0.3) is 0 Å². The van der Waals surface area contributed by atoms with E-state index in [-0.39, 0.29) is 5.69 Å². The fraction of sp³-hybridized carbons (Fsp3) is 0.300. The van der Waals surface area contributed by atoms with Gasteiger partial charge in [0.25, 0.3) is 0 Å². The first-order valence-corrected chi connectivity index (χ1v) is 6.79. The van der Waals surface area contributed by atoms with E-state index in [0.29, 0.717) is 0 Å². The number of nitrogens with one attached hydrogen (secondary N) is 1. The lowest BCUT2D eigenvalue weighted by Gasteiger charge is -2.08.